The highest BCUT2D eigenvalue weighted by Gasteiger charge is 2.23. The van der Waals surface area contributed by atoms with Gasteiger partial charge in [0.2, 0.25) is 0 Å². The predicted octanol–water partition coefficient (Wildman–Crippen LogP) is 1.50. The average Bonchev–Trinajstić information content (AvgIpc) is 2.52. The zero-order valence-corrected chi connectivity index (χ0v) is 13.7. The van der Waals surface area contributed by atoms with Gasteiger partial charge < -0.3 is 9.64 Å². The molecule has 120 valence electrons. The van der Waals surface area contributed by atoms with Crippen molar-refractivity contribution in [1.29, 1.82) is 5.26 Å². The molecular formula is C16H22N2O3S. The Morgan fingerprint density at radius 1 is 1.36 bits per heavy atom. The summed E-state index contributed by atoms with van der Waals surface area (Å²) in [5.41, 5.74) is 2.18. The van der Waals surface area contributed by atoms with Gasteiger partial charge in [-0.2, -0.15) is 5.26 Å². The Hall–Kier alpha value is -1.42. The number of methoxy groups -OCH3 is 1. The van der Waals surface area contributed by atoms with E-state index < -0.39 is 10.7 Å². The fourth-order valence-electron chi connectivity index (χ4n) is 3.06. The number of nitrogens with zero attached hydrogens (tertiary/aromatic N) is 2. The molecule has 1 fully saturated rings. The van der Waals surface area contributed by atoms with Crippen molar-refractivity contribution >= 4 is 10.7 Å². The lowest BCUT2D eigenvalue weighted by Crippen LogP contribution is -2.35. The van der Waals surface area contributed by atoms with E-state index in [1.54, 1.807) is 13.2 Å². The second-order valence-corrected chi connectivity index (χ2v) is 6.57. The normalized spacial score (nSPS) is 16.8. The summed E-state index contributed by atoms with van der Waals surface area (Å²) in [4.78, 5) is 2.37. The van der Waals surface area contributed by atoms with Crippen LogP contribution in [-0.4, -0.2) is 46.7 Å². The number of likely N-dealkylation sites (tertiary alicyclic amines) is 1. The molecule has 0 aliphatic carbocycles. The van der Waals surface area contributed by atoms with Crippen LogP contribution in [0.15, 0.2) is 18.2 Å². The third-order valence-electron chi connectivity index (χ3n) is 4.23. The molecule has 1 aliphatic heterocycles. The highest BCUT2D eigenvalue weighted by molar-refractivity contribution is 7.71. The molecule has 0 radical (unpaired) electrons. The second kappa shape index (κ2) is 8.28. The highest BCUT2D eigenvalue weighted by Crippen LogP contribution is 2.31. The van der Waals surface area contributed by atoms with Crippen LogP contribution in [0.3, 0.4) is 0 Å². The maximum Gasteiger partial charge on any atom is 0.144 e. The third kappa shape index (κ3) is 4.29. The molecule has 5 nitrogen and oxygen atoms in total. The predicted molar refractivity (Wildman–Crippen MR) is 85.5 cm³/mol. The van der Waals surface area contributed by atoms with Gasteiger partial charge in [0.25, 0.3) is 0 Å². The first-order valence-corrected chi connectivity index (χ1v) is 8.87. The number of hydrogen-bond acceptors (Lipinski definition) is 5. The van der Waals surface area contributed by atoms with Gasteiger partial charge >= 0.3 is 0 Å². The van der Waals surface area contributed by atoms with Crippen LogP contribution in [-0.2, 0) is 21.2 Å². The van der Waals surface area contributed by atoms with Gasteiger partial charge in [0, 0.05) is 13.7 Å². The molecule has 0 N–H and O–H groups in total. The van der Waals surface area contributed by atoms with E-state index in [1.165, 1.54) is 0 Å². The molecule has 22 heavy (non-hydrogen) atoms. The lowest BCUT2D eigenvalue weighted by molar-refractivity contribution is 0.130. The lowest BCUT2D eigenvalue weighted by atomic mass is 9.85. The van der Waals surface area contributed by atoms with Crippen molar-refractivity contribution in [2.24, 2.45) is 0 Å². The fourth-order valence-corrected chi connectivity index (χ4v) is 3.60. The minimum Gasteiger partial charge on any atom is -0.383 e. The van der Waals surface area contributed by atoms with Crippen LogP contribution in [0, 0.1) is 11.3 Å². The van der Waals surface area contributed by atoms with Crippen molar-refractivity contribution in [3.8, 4) is 6.07 Å². The minimum atomic E-state index is -2.52. The van der Waals surface area contributed by atoms with Crippen molar-refractivity contribution < 1.29 is 13.2 Å². The van der Waals surface area contributed by atoms with Crippen LogP contribution in [0.25, 0.3) is 0 Å². The van der Waals surface area contributed by atoms with Gasteiger partial charge in [-0.25, -0.2) is 8.42 Å². The molecule has 1 aromatic carbocycles. The Labute approximate surface area is 133 Å². The highest BCUT2D eigenvalue weighted by atomic mass is 32.2. The van der Waals surface area contributed by atoms with Gasteiger partial charge in [0.05, 0.1) is 24.0 Å². The summed E-state index contributed by atoms with van der Waals surface area (Å²) >= 11 is 0. The van der Waals surface area contributed by atoms with E-state index in [-0.39, 0.29) is 5.75 Å². The first kappa shape index (κ1) is 16.9. The zero-order chi connectivity index (χ0) is 15.9. The molecule has 2 rings (SSSR count). The Morgan fingerprint density at radius 2 is 2.09 bits per heavy atom. The van der Waals surface area contributed by atoms with E-state index in [4.69, 9.17) is 4.74 Å². The largest absolute Gasteiger partial charge is 0.383 e. The van der Waals surface area contributed by atoms with Crippen molar-refractivity contribution in [3.05, 3.63) is 34.9 Å². The monoisotopic (exact) mass is 322 g/mol. The van der Waals surface area contributed by atoms with E-state index in [0.29, 0.717) is 17.0 Å². The maximum absolute atomic E-state index is 11.0. The Bertz CT molecular complexity index is 606. The van der Waals surface area contributed by atoms with Crippen molar-refractivity contribution in [3.63, 3.8) is 0 Å². The molecule has 0 spiro atoms. The van der Waals surface area contributed by atoms with Crippen LogP contribution in [0.5, 0.6) is 0 Å². The van der Waals surface area contributed by atoms with Crippen molar-refractivity contribution in [1.82, 2.24) is 4.90 Å². The van der Waals surface area contributed by atoms with Crippen LogP contribution < -0.4 is 0 Å². The first-order chi connectivity index (χ1) is 10.7. The second-order valence-electron chi connectivity index (χ2n) is 5.59. The molecule has 0 saturated carbocycles. The Morgan fingerprint density at radius 3 is 2.68 bits per heavy atom. The number of rotatable bonds is 6. The summed E-state index contributed by atoms with van der Waals surface area (Å²) in [6, 6.07) is 7.78. The standard InChI is InChI=1S/C16H22N2O3S/c1-21-10-9-18-7-5-13(6-8-18)15-4-2-3-14(12-22(19)20)16(15)11-17/h2-4,13,22H,5-10,12H2,1H3. The number of hydrogen-bond donors (Lipinski definition) is 1. The molecule has 1 aliphatic rings. The van der Waals surface area contributed by atoms with Crippen LogP contribution in [0.1, 0.15) is 35.4 Å². The smallest absolute Gasteiger partial charge is 0.144 e. The minimum absolute atomic E-state index is 0.0568. The molecule has 0 bridgehead atoms. The first-order valence-electron chi connectivity index (χ1n) is 7.50. The van der Waals surface area contributed by atoms with E-state index >= 15 is 0 Å². The zero-order valence-electron chi connectivity index (χ0n) is 12.8. The van der Waals surface area contributed by atoms with Gasteiger partial charge in [-0.1, -0.05) is 18.2 Å². The van der Waals surface area contributed by atoms with Crippen LogP contribution in [0.4, 0.5) is 0 Å². The van der Waals surface area contributed by atoms with E-state index in [0.717, 1.165) is 44.6 Å². The number of benzene rings is 1. The van der Waals surface area contributed by atoms with Crippen LogP contribution in [0.2, 0.25) is 0 Å². The Kier molecular flexibility index (Phi) is 6.37. The maximum atomic E-state index is 11.0. The van der Waals surface area contributed by atoms with Gasteiger partial charge in [-0.05, 0) is 43.0 Å². The molecule has 1 heterocycles. The number of nitriles is 1. The van der Waals surface area contributed by atoms with Gasteiger partial charge in [0.15, 0.2) is 0 Å². The number of ether oxygens (including phenoxy) is 1. The molecular weight excluding hydrogens is 300 g/mol. The molecule has 6 heteroatoms. The number of thiol groups is 1. The van der Waals surface area contributed by atoms with Crippen molar-refractivity contribution in [2.75, 3.05) is 33.4 Å². The average molecular weight is 322 g/mol. The van der Waals surface area contributed by atoms with E-state index in [2.05, 4.69) is 11.0 Å². The van der Waals surface area contributed by atoms with E-state index in [1.807, 2.05) is 12.1 Å². The van der Waals surface area contributed by atoms with Crippen molar-refractivity contribution in [2.45, 2.75) is 24.5 Å². The lowest BCUT2D eigenvalue weighted by Gasteiger charge is -2.32. The third-order valence-corrected chi connectivity index (χ3v) is 4.83. The molecule has 1 aromatic rings. The quantitative estimate of drug-likeness (QED) is 0.804. The number of piperidine rings is 1. The Balaban J connectivity index is 2.12. The summed E-state index contributed by atoms with van der Waals surface area (Å²) in [5.74, 6) is 0.275. The summed E-state index contributed by atoms with van der Waals surface area (Å²) < 4.78 is 27.1. The van der Waals surface area contributed by atoms with Gasteiger partial charge in [-0.3, -0.25) is 0 Å². The van der Waals surface area contributed by atoms with Gasteiger partial charge in [-0.15, -0.1) is 0 Å². The summed E-state index contributed by atoms with van der Waals surface area (Å²) in [5, 5.41) is 9.44. The molecule has 0 aromatic heterocycles. The van der Waals surface area contributed by atoms with Crippen LogP contribution >= 0.6 is 0 Å². The SMILES string of the molecule is COCCN1CCC(c2cccc(C[SH](=O)=O)c2C#N)CC1. The summed E-state index contributed by atoms with van der Waals surface area (Å²) in [6.45, 7) is 3.64. The fraction of sp³-hybridized carbons (Fsp3) is 0.562. The molecule has 1 saturated heterocycles. The molecule has 0 unspecified atom stereocenters. The molecule has 0 atom stereocenters. The topological polar surface area (TPSA) is 70.4 Å². The summed E-state index contributed by atoms with van der Waals surface area (Å²) in [6.07, 6.45) is 1.98. The summed E-state index contributed by atoms with van der Waals surface area (Å²) in [7, 11) is -0.809. The van der Waals surface area contributed by atoms with E-state index in [9.17, 15) is 13.7 Å². The van der Waals surface area contributed by atoms with Gasteiger partial charge in [0.1, 0.15) is 10.7 Å². The molecule has 0 amide bonds.